The Bertz CT molecular complexity index is 1250. The molecule has 0 N–H and O–H groups in total. The van der Waals surface area contributed by atoms with E-state index in [4.69, 9.17) is 11.6 Å². The number of rotatable bonds is 4. The first-order valence-electron chi connectivity index (χ1n) is 12.6. The smallest absolute Gasteiger partial charge is 0.253 e. The van der Waals surface area contributed by atoms with Gasteiger partial charge in [-0.2, -0.15) is 0 Å². The van der Waals surface area contributed by atoms with Crippen molar-refractivity contribution in [2.75, 3.05) is 44.2 Å². The molecule has 2 saturated heterocycles. The molecule has 6 heteroatoms. The predicted octanol–water partition coefficient (Wildman–Crippen LogP) is 5.16. The Morgan fingerprint density at radius 3 is 2.22 bits per heavy atom. The Kier molecular flexibility index (Phi) is 7.01. The van der Waals surface area contributed by atoms with Crippen molar-refractivity contribution in [3.05, 3.63) is 100 Å². The summed E-state index contributed by atoms with van der Waals surface area (Å²) in [5.41, 5.74) is 5.34. The number of para-hydroxylation sites is 1. The molecule has 5 nitrogen and oxygen atoms in total. The standard InChI is InChI=1S/C30H32ClN3O2/c1-21-10-12-23(13-11-21)26-19-34(29(35)24-7-5-8-25(31)18-24)20-27(26)30(36)33-16-14-32(15-17-33)28-9-4-3-6-22(28)2/h3-13,18,26-27H,14-17,19-20H2,1-2H3. The minimum absolute atomic E-state index is 0.0318. The van der Waals surface area contributed by atoms with Gasteiger partial charge >= 0.3 is 0 Å². The SMILES string of the molecule is Cc1ccc(C2CN(C(=O)c3cccc(Cl)c3)CC2C(=O)N2CCN(c3ccccc3C)CC2)cc1. The average Bonchev–Trinajstić information content (AvgIpc) is 3.34. The Hall–Kier alpha value is -3.31. The van der Waals surface area contributed by atoms with Crippen molar-refractivity contribution in [1.29, 1.82) is 0 Å². The fraction of sp³-hybridized carbons (Fsp3) is 0.333. The third-order valence-electron chi connectivity index (χ3n) is 7.55. The number of nitrogens with zero attached hydrogens (tertiary/aromatic N) is 3. The van der Waals surface area contributed by atoms with Gasteiger partial charge in [0.2, 0.25) is 5.91 Å². The van der Waals surface area contributed by atoms with Gasteiger partial charge in [0.05, 0.1) is 5.92 Å². The molecule has 2 amide bonds. The summed E-state index contributed by atoms with van der Waals surface area (Å²) in [6, 6.07) is 23.8. The van der Waals surface area contributed by atoms with Crippen LogP contribution < -0.4 is 4.90 Å². The summed E-state index contributed by atoms with van der Waals surface area (Å²) in [4.78, 5) is 33.4. The van der Waals surface area contributed by atoms with Crippen LogP contribution in [0.25, 0.3) is 0 Å². The van der Waals surface area contributed by atoms with Crippen LogP contribution in [0.4, 0.5) is 5.69 Å². The first kappa shape index (κ1) is 24.4. The van der Waals surface area contributed by atoms with Gasteiger partial charge in [-0.15, -0.1) is 0 Å². The van der Waals surface area contributed by atoms with Gasteiger partial charge in [-0.3, -0.25) is 9.59 Å². The summed E-state index contributed by atoms with van der Waals surface area (Å²) in [6.07, 6.45) is 0. The fourth-order valence-electron chi connectivity index (χ4n) is 5.50. The second-order valence-electron chi connectivity index (χ2n) is 9.94. The zero-order chi connectivity index (χ0) is 25.2. The van der Waals surface area contributed by atoms with E-state index < -0.39 is 0 Å². The van der Waals surface area contributed by atoms with E-state index in [0.29, 0.717) is 36.8 Å². The predicted molar refractivity (Wildman–Crippen MR) is 145 cm³/mol. The second-order valence-corrected chi connectivity index (χ2v) is 10.4. The highest BCUT2D eigenvalue weighted by Crippen LogP contribution is 2.35. The Balaban J connectivity index is 1.34. The van der Waals surface area contributed by atoms with Crippen molar-refractivity contribution in [3.8, 4) is 0 Å². The van der Waals surface area contributed by atoms with Gasteiger partial charge in [0.15, 0.2) is 0 Å². The van der Waals surface area contributed by atoms with Gasteiger partial charge in [-0.25, -0.2) is 0 Å². The van der Waals surface area contributed by atoms with Crippen LogP contribution in [-0.4, -0.2) is 60.9 Å². The van der Waals surface area contributed by atoms with Crippen molar-refractivity contribution < 1.29 is 9.59 Å². The molecule has 2 aliphatic heterocycles. The lowest BCUT2D eigenvalue weighted by atomic mass is 9.87. The maximum atomic E-state index is 13.9. The van der Waals surface area contributed by atoms with Crippen LogP contribution in [0.15, 0.2) is 72.8 Å². The lowest BCUT2D eigenvalue weighted by molar-refractivity contribution is -0.135. The van der Waals surface area contributed by atoms with Gasteiger partial charge in [-0.1, -0.05) is 65.7 Å². The number of likely N-dealkylation sites (tertiary alicyclic amines) is 1. The van der Waals surface area contributed by atoms with Gasteiger partial charge in [0.1, 0.15) is 0 Å². The van der Waals surface area contributed by atoms with Gasteiger partial charge in [-0.05, 0) is 49.2 Å². The number of anilines is 1. The molecule has 0 saturated carbocycles. The summed E-state index contributed by atoms with van der Waals surface area (Å²) in [7, 11) is 0. The Morgan fingerprint density at radius 1 is 0.806 bits per heavy atom. The molecule has 0 spiro atoms. The molecule has 2 heterocycles. The molecule has 3 aromatic rings. The van der Waals surface area contributed by atoms with Crippen LogP contribution in [0, 0.1) is 19.8 Å². The van der Waals surface area contributed by atoms with E-state index in [-0.39, 0.29) is 23.7 Å². The largest absolute Gasteiger partial charge is 0.368 e. The van der Waals surface area contributed by atoms with Crippen LogP contribution in [-0.2, 0) is 4.79 Å². The molecule has 0 bridgehead atoms. The summed E-state index contributed by atoms with van der Waals surface area (Å²) in [6.45, 7) is 8.12. The molecule has 3 aromatic carbocycles. The van der Waals surface area contributed by atoms with E-state index in [1.54, 1.807) is 24.3 Å². The minimum atomic E-state index is -0.263. The van der Waals surface area contributed by atoms with Crippen LogP contribution in [0.5, 0.6) is 0 Å². The molecule has 2 fully saturated rings. The first-order chi connectivity index (χ1) is 17.4. The number of benzene rings is 3. The molecule has 186 valence electrons. The van der Waals surface area contributed by atoms with E-state index in [9.17, 15) is 9.59 Å². The highest BCUT2D eigenvalue weighted by molar-refractivity contribution is 6.31. The maximum absolute atomic E-state index is 13.9. The lowest BCUT2D eigenvalue weighted by Crippen LogP contribution is -2.51. The second kappa shape index (κ2) is 10.4. The summed E-state index contributed by atoms with van der Waals surface area (Å²) in [5, 5.41) is 0.536. The molecule has 2 atom stereocenters. The molecule has 2 unspecified atom stereocenters. The number of amides is 2. The van der Waals surface area contributed by atoms with E-state index in [0.717, 1.165) is 18.7 Å². The van der Waals surface area contributed by atoms with Crippen molar-refractivity contribution in [2.45, 2.75) is 19.8 Å². The number of aryl methyl sites for hydroxylation is 2. The Labute approximate surface area is 218 Å². The summed E-state index contributed by atoms with van der Waals surface area (Å²) >= 11 is 6.15. The van der Waals surface area contributed by atoms with Crippen LogP contribution in [0.2, 0.25) is 5.02 Å². The van der Waals surface area contributed by atoms with Gasteiger partial charge in [0, 0.05) is 61.5 Å². The van der Waals surface area contributed by atoms with E-state index >= 15 is 0 Å². The molecule has 0 aromatic heterocycles. The Morgan fingerprint density at radius 2 is 1.53 bits per heavy atom. The molecule has 36 heavy (non-hydrogen) atoms. The summed E-state index contributed by atoms with van der Waals surface area (Å²) < 4.78 is 0. The lowest BCUT2D eigenvalue weighted by Gasteiger charge is -2.38. The quantitative estimate of drug-likeness (QED) is 0.496. The van der Waals surface area contributed by atoms with Crippen molar-refractivity contribution in [2.24, 2.45) is 5.92 Å². The van der Waals surface area contributed by atoms with Crippen molar-refractivity contribution in [3.63, 3.8) is 0 Å². The van der Waals surface area contributed by atoms with Crippen molar-refractivity contribution >= 4 is 29.1 Å². The molecule has 2 aliphatic rings. The molecule has 5 rings (SSSR count). The average molecular weight is 502 g/mol. The zero-order valence-corrected chi connectivity index (χ0v) is 21.6. The minimum Gasteiger partial charge on any atom is -0.368 e. The van der Waals surface area contributed by atoms with Crippen LogP contribution >= 0.6 is 11.6 Å². The monoisotopic (exact) mass is 501 g/mol. The third kappa shape index (κ3) is 4.98. The van der Waals surface area contributed by atoms with E-state index in [2.05, 4.69) is 67.3 Å². The normalized spacial score (nSPS) is 20.0. The fourth-order valence-corrected chi connectivity index (χ4v) is 5.69. The van der Waals surface area contributed by atoms with E-state index in [1.165, 1.54) is 16.8 Å². The number of halogens is 1. The topological polar surface area (TPSA) is 43.9 Å². The van der Waals surface area contributed by atoms with E-state index in [1.807, 2.05) is 9.80 Å². The number of carbonyl (C=O) groups excluding carboxylic acids is 2. The van der Waals surface area contributed by atoms with Crippen LogP contribution in [0.3, 0.4) is 0 Å². The summed E-state index contributed by atoms with van der Waals surface area (Å²) in [5.74, 6) is -0.225. The van der Waals surface area contributed by atoms with Crippen LogP contribution in [0.1, 0.15) is 33.0 Å². The molecular weight excluding hydrogens is 470 g/mol. The van der Waals surface area contributed by atoms with Gasteiger partial charge < -0.3 is 14.7 Å². The first-order valence-corrected chi connectivity index (χ1v) is 13.0. The maximum Gasteiger partial charge on any atom is 0.253 e. The number of hydrogen-bond donors (Lipinski definition) is 0. The number of carbonyl (C=O) groups is 2. The number of hydrogen-bond acceptors (Lipinski definition) is 3. The van der Waals surface area contributed by atoms with Gasteiger partial charge in [0.25, 0.3) is 5.91 Å². The third-order valence-corrected chi connectivity index (χ3v) is 7.78. The highest BCUT2D eigenvalue weighted by Gasteiger charge is 2.42. The molecule has 0 radical (unpaired) electrons. The number of piperazine rings is 1. The molecular formula is C30H32ClN3O2. The van der Waals surface area contributed by atoms with Crippen molar-refractivity contribution in [1.82, 2.24) is 9.80 Å². The zero-order valence-electron chi connectivity index (χ0n) is 20.9. The highest BCUT2D eigenvalue weighted by atomic mass is 35.5. The molecule has 0 aliphatic carbocycles.